The summed E-state index contributed by atoms with van der Waals surface area (Å²) in [4.78, 5) is 49.4. The monoisotopic (exact) mass is 416 g/mol. The Hall–Kier alpha value is -2.70. The quantitative estimate of drug-likeness (QED) is 0.339. The predicted octanol–water partition coefficient (Wildman–Crippen LogP) is 3.10. The summed E-state index contributed by atoms with van der Waals surface area (Å²) in [5.74, 6) is -1.98. The molecule has 7 heteroatoms. The number of unbranched alkanes of at least 4 members (excludes halogenated alkanes) is 2. The van der Waals surface area contributed by atoms with Crippen LogP contribution < -0.4 is 10.6 Å². The lowest BCUT2D eigenvalue weighted by Crippen LogP contribution is -2.33. The van der Waals surface area contributed by atoms with Crippen molar-refractivity contribution in [2.75, 3.05) is 11.4 Å². The highest BCUT2D eigenvalue weighted by atomic mass is 16.6. The molecule has 0 saturated carbocycles. The largest absolute Gasteiger partial charge is 0.460 e. The summed E-state index contributed by atoms with van der Waals surface area (Å²) in [6, 6.07) is 7.45. The minimum Gasteiger partial charge on any atom is -0.460 e. The molecule has 0 aliphatic carbocycles. The van der Waals surface area contributed by atoms with E-state index in [9.17, 15) is 19.2 Å². The van der Waals surface area contributed by atoms with E-state index in [2.05, 4.69) is 0 Å². The number of hydrogen-bond acceptors (Lipinski definition) is 5. The number of primary amides is 1. The summed E-state index contributed by atoms with van der Waals surface area (Å²) < 4.78 is 5.30. The molecule has 2 rings (SSSR count). The van der Waals surface area contributed by atoms with Gasteiger partial charge in [-0.1, -0.05) is 24.6 Å². The highest BCUT2D eigenvalue weighted by Gasteiger charge is 2.41. The molecule has 1 aliphatic heterocycles. The number of rotatable bonds is 11. The zero-order valence-corrected chi connectivity index (χ0v) is 18.1. The van der Waals surface area contributed by atoms with Gasteiger partial charge in [0.2, 0.25) is 11.8 Å². The molecule has 1 aromatic rings. The average molecular weight is 417 g/mol. The molecule has 2 atom stereocenters. The van der Waals surface area contributed by atoms with Gasteiger partial charge in [-0.05, 0) is 51.7 Å². The average Bonchev–Trinajstić information content (AvgIpc) is 2.93. The van der Waals surface area contributed by atoms with E-state index in [-0.39, 0.29) is 24.7 Å². The number of ether oxygens (including phenoxy) is 1. The molecule has 1 heterocycles. The van der Waals surface area contributed by atoms with Gasteiger partial charge in [0.05, 0.1) is 5.92 Å². The molecule has 0 spiro atoms. The first-order chi connectivity index (χ1) is 14.1. The van der Waals surface area contributed by atoms with Crippen LogP contribution in [0.2, 0.25) is 0 Å². The van der Waals surface area contributed by atoms with Gasteiger partial charge in [0.25, 0.3) is 0 Å². The minimum absolute atomic E-state index is 0.0695. The third-order valence-corrected chi connectivity index (χ3v) is 5.10. The Bertz CT molecular complexity index is 784. The molecule has 164 valence electrons. The van der Waals surface area contributed by atoms with Crippen molar-refractivity contribution in [2.24, 2.45) is 11.7 Å². The Morgan fingerprint density at radius 1 is 1.17 bits per heavy atom. The van der Waals surface area contributed by atoms with E-state index in [4.69, 9.17) is 10.5 Å². The van der Waals surface area contributed by atoms with E-state index in [0.717, 1.165) is 30.4 Å². The molecule has 0 fully saturated rings. The van der Waals surface area contributed by atoms with Crippen LogP contribution in [-0.4, -0.2) is 36.2 Å². The number of anilines is 1. The van der Waals surface area contributed by atoms with Gasteiger partial charge in [0, 0.05) is 31.0 Å². The van der Waals surface area contributed by atoms with Crippen molar-refractivity contribution in [2.45, 2.75) is 70.8 Å². The lowest BCUT2D eigenvalue weighted by molar-refractivity contribution is -0.155. The number of aldehydes is 1. The summed E-state index contributed by atoms with van der Waals surface area (Å²) in [7, 11) is 0. The fraction of sp³-hybridized carbons (Fsp3) is 0.565. The van der Waals surface area contributed by atoms with E-state index in [0.29, 0.717) is 19.4 Å². The molecule has 1 aromatic carbocycles. The maximum Gasteiger partial charge on any atom is 0.306 e. The Morgan fingerprint density at radius 3 is 2.50 bits per heavy atom. The van der Waals surface area contributed by atoms with Gasteiger partial charge in [-0.3, -0.25) is 14.4 Å². The molecule has 0 radical (unpaired) electrons. The zero-order chi connectivity index (χ0) is 22.3. The fourth-order valence-electron chi connectivity index (χ4n) is 3.79. The van der Waals surface area contributed by atoms with E-state index in [1.54, 1.807) is 4.90 Å². The molecule has 0 saturated heterocycles. The number of hydrogen-bond donors (Lipinski definition) is 1. The predicted molar refractivity (Wildman–Crippen MR) is 114 cm³/mol. The first-order valence-electron chi connectivity index (χ1n) is 10.5. The second-order valence-electron chi connectivity index (χ2n) is 8.73. The summed E-state index contributed by atoms with van der Waals surface area (Å²) >= 11 is 0. The number of fused-ring (bicyclic) bond motifs is 1. The summed E-state index contributed by atoms with van der Waals surface area (Å²) in [6.45, 7) is 6.04. The number of amides is 2. The second-order valence-corrected chi connectivity index (χ2v) is 8.73. The SMILES string of the molecule is CC(C)(C)OC(=O)CCCCCN1C(=O)C(C(C=O)CCC(N)=O)c2ccccc21. The van der Waals surface area contributed by atoms with Crippen LogP contribution in [0.4, 0.5) is 5.69 Å². The Balaban J connectivity index is 1.95. The maximum absolute atomic E-state index is 13.1. The number of carbonyl (C=O) groups excluding carboxylic acids is 4. The topological polar surface area (TPSA) is 107 Å². The van der Waals surface area contributed by atoms with Crippen LogP contribution in [0.15, 0.2) is 24.3 Å². The number of benzene rings is 1. The second kappa shape index (κ2) is 10.4. The third kappa shape index (κ3) is 6.40. The van der Waals surface area contributed by atoms with Crippen LogP contribution in [0.5, 0.6) is 0 Å². The highest BCUT2D eigenvalue weighted by molar-refractivity contribution is 6.06. The van der Waals surface area contributed by atoms with E-state index in [1.165, 1.54) is 0 Å². The van der Waals surface area contributed by atoms with Gasteiger partial charge in [-0.2, -0.15) is 0 Å². The zero-order valence-electron chi connectivity index (χ0n) is 18.1. The van der Waals surface area contributed by atoms with Gasteiger partial charge < -0.3 is 20.2 Å². The smallest absolute Gasteiger partial charge is 0.306 e. The lowest BCUT2D eigenvalue weighted by Gasteiger charge is -2.20. The number of esters is 1. The molecule has 30 heavy (non-hydrogen) atoms. The van der Waals surface area contributed by atoms with Crippen molar-refractivity contribution in [1.82, 2.24) is 0 Å². The molecule has 0 bridgehead atoms. The number of para-hydroxylation sites is 1. The number of carbonyl (C=O) groups is 4. The molecular formula is C23H32N2O5. The highest BCUT2D eigenvalue weighted by Crippen LogP contribution is 2.42. The summed E-state index contributed by atoms with van der Waals surface area (Å²) in [5.41, 5.74) is 6.36. The van der Waals surface area contributed by atoms with Gasteiger partial charge >= 0.3 is 5.97 Å². The summed E-state index contributed by atoms with van der Waals surface area (Å²) in [5, 5.41) is 0. The third-order valence-electron chi connectivity index (χ3n) is 5.10. The molecular weight excluding hydrogens is 384 g/mol. The van der Waals surface area contributed by atoms with Crippen LogP contribution >= 0.6 is 0 Å². The van der Waals surface area contributed by atoms with Gasteiger partial charge in [-0.15, -0.1) is 0 Å². The normalized spacial score (nSPS) is 16.8. The fourth-order valence-corrected chi connectivity index (χ4v) is 3.79. The number of nitrogens with zero attached hydrogens (tertiary/aromatic N) is 1. The summed E-state index contributed by atoms with van der Waals surface area (Å²) in [6.07, 6.45) is 3.65. The van der Waals surface area contributed by atoms with E-state index in [1.807, 2.05) is 45.0 Å². The molecule has 7 nitrogen and oxygen atoms in total. The Labute approximate surface area is 177 Å². The van der Waals surface area contributed by atoms with Crippen LogP contribution in [0.3, 0.4) is 0 Å². The van der Waals surface area contributed by atoms with Crippen molar-refractivity contribution in [3.05, 3.63) is 29.8 Å². The van der Waals surface area contributed by atoms with Gasteiger partial charge in [-0.25, -0.2) is 0 Å². The van der Waals surface area contributed by atoms with Gasteiger partial charge in [0.15, 0.2) is 0 Å². The molecule has 0 aromatic heterocycles. The number of nitrogens with two attached hydrogens (primary N) is 1. The van der Waals surface area contributed by atoms with Crippen LogP contribution in [-0.2, 0) is 23.9 Å². The van der Waals surface area contributed by atoms with E-state index >= 15 is 0 Å². The van der Waals surface area contributed by atoms with Crippen molar-refractivity contribution >= 4 is 29.8 Å². The maximum atomic E-state index is 13.1. The first-order valence-corrected chi connectivity index (χ1v) is 10.5. The standard InChI is InChI=1S/C23H32N2O5/c1-23(2,3)30-20(28)11-5-4-8-14-25-18-10-7-6-9-17(18)21(22(25)29)16(15-26)12-13-19(24)27/h6-7,9-10,15-16,21H,4-5,8,11-14H2,1-3H3,(H2,24,27). The molecule has 2 N–H and O–H groups in total. The van der Waals surface area contributed by atoms with Crippen molar-refractivity contribution in [1.29, 1.82) is 0 Å². The van der Waals surface area contributed by atoms with Crippen LogP contribution in [0.1, 0.15) is 70.8 Å². The molecule has 1 aliphatic rings. The van der Waals surface area contributed by atoms with Crippen LogP contribution in [0, 0.1) is 5.92 Å². The lowest BCUT2D eigenvalue weighted by atomic mass is 9.85. The molecule has 2 amide bonds. The van der Waals surface area contributed by atoms with Gasteiger partial charge in [0.1, 0.15) is 11.9 Å². The van der Waals surface area contributed by atoms with Crippen molar-refractivity contribution in [3.63, 3.8) is 0 Å². The van der Waals surface area contributed by atoms with Crippen LogP contribution in [0.25, 0.3) is 0 Å². The van der Waals surface area contributed by atoms with Crippen molar-refractivity contribution in [3.8, 4) is 0 Å². The van der Waals surface area contributed by atoms with Crippen molar-refractivity contribution < 1.29 is 23.9 Å². The minimum atomic E-state index is -0.584. The molecule has 2 unspecified atom stereocenters. The van der Waals surface area contributed by atoms with E-state index < -0.39 is 23.3 Å². The first kappa shape index (κ1) is 23.6. The Kier molecular flexibility index (Phi) is 8.15. The Morgan fingerprint density at radius 2 is 1.87 bits per heavy atom.